The number of halogens is 1. The fraction of sp³-hybridized carbons (Fsp3) is 0.0455. The molecule has 0 amide bonds. The molecule has 0 heterocycles. The van der Waals surface area contributed by atoms with Crippen molar-refractivity contribution in [1.29, 1.82) is 0 Å². The normalized spacial score (nSPS) is 9.68. The Balaban J connectivity index is 1.80. The van der Waals surface area contributed by atoms with E-state index >= 15 is 0 Å². The van der Waals surface area contributed by atoms with Crippen molar-refractivity contribution in [2.24, 2.45) is 4.99 Å². The summed E-state index contributed by atoms with van der Waals surface area (Å²) in [4.78, 5) is 3.65. The zero-order chi connectivity index (χ0) is 17.6. The Morgan fingerprint density at radius 3 is 1.96 bits per heavy atom. The van der Waals surface area contributed by atoms with E-state index in [1.807, 2.05) is 24.3 Å². The van der Waals surface area contributed by atoms with E-state index in [2.05, 4.69) is 65.4 Å². The van der Waals surface area contributed by atoms with Crippen molar-refractivity contribution in [2.75, 3.05) is 0 Å². The van der Waals surface area contributed by atoms with Crippen molar-refractivity contribution in [3.05, 3.63) is 89.2 Å². The molecular weight excluding hydrogens is 329 g/mol. The van der Waals surface area contributed by atoms with Crippen LogP contribution in [-0.2, 0) is 0 Å². The standard InChI is InChI=1S/C22H14FNS/c1-16-2-9-19(10-3-16)20-11-6-17(7-12-20)4-5-18-8-13-22(24-15-25)21(23)14-18/h2-3,6-14H,1H3. The largest absolute Gasteiger partial charge is 0.205 e. The van der Waals surface area contributed by atoms with Gasteiger partial charge in [-0.25, -0.2) is 4.39 Å². The third kappa shape index (κ3) is 4.28. The minimum absolute atomic E-state index is 0.169. The highest BCUT2D eigenvalue weighted by Gasteiger charge is 2.00. The number of hydrogen-bond donors (Lipinski definition) is 0. The Kier molecular flexibility index (Phi) is 5.16. The molecule has 0 radical (unpaired) electrons. The van der Waals surface area contributed by atoms with E-state index in [9.17, 15) is 4.39 Å². The minimum Gasteiger partial charge on any atom is -0.205 e. The van der Waals surface area contributed by atoms with E-state index < -0.39 is 5.82 Å². The third-order valence-corrected chi connectivity index (χ3v) is 3.83. The molecule has 0 aromatic heterocycles. The maximum atomic E-state index is 13.8. The maximum Gasteiger partial charge on any atom is 0.150 e. The third-order valence-electron chi connectivity index (χ3n) is 3.73. The highest BCUT2D eigenvalue weighted by molar-refractivity contribution is 7.78. The summed E-state index contributed by atoms with van der Waals surface area (Å²) in [6, 6.07) is 21.0. The topological polar surface area (TPSA) is 12.4 Å². The van der Waals surface area contributed by atoms with Gasteiger partial charge in [-0.2, -0.15) is 4.99 Å². The summed E-state index contributed by atoms with van der Waals surface area (Å²) in [7, 11) is 0. The van der Waals surface area contributed by atoms with Crippen LogP contribution in [0.15, 0.2) is 71.7 Å². The number of aliphatic imine (C=N–C) groups is 1. The van der Waals surface area contributed by atoms with E-state index in [0.717, 1.165) is 11.1 Å². The highest BCUT2D eigenvalue weighted by atomic mass is 32.1. The Morgan fingerprint density at radius 1 is 0.800 bits per heavy atom. The van der Waals surface area contributed by atoms with Crippen LogP contribution in [0.2, 0.25) is 0 Å². The predicted molar refractivity (Wildman–Crippen MR) is 104 cm³/mol. The Labute approximate surface area is 151 Å². The SMILES string of the molecule is Cc1ccc(-c2ccc(C#Cc3ccc(N=C=S)c(F)c3)cc2)cc1. The molecule has 0 unspecified atom stereocenters. The van der Waals surface area contributed by atoms with Gasteiger partial charge in [0.1, 0.15) is 5.69 Å². The van der Waals surface area contributed by atoms with Crippen molar-refractivity contribution >= 4 is 23.1 Å². The van der Waals surface area contributed by atoms with Gasteiger partial charge in [0.05, 0.1) is 5.16 Å². The molecular formula is C22H14FNS. The van der Waals surface area contributed by atoms with Gasteiger partial charge in [-0.3, -0.25) is 0 Å². The molecule has 0 aliphatic heterocycles. The smallest absolute Gasteiger partial charge is 0.150 e. The van der Waals surface area contributed by atoms with Crippen LogP contribution in [0.1, 0.15) is 16.7 Å². The van der Waals surface area contributed by atoms with E-state index in [0.29, 0.717) is 5.56 Å². The van der Waals surface area contributed by atoms with E-state index in [1.165, 1.54) is 17.2 Å². The number of thiocarbonyl (C=S) groups is 1. The minimum atomic E-state index is -0.459. The molecule has 0 atom stereocenters. The van der Waals surface area contributed by atoms with Gasteiger partial charge in [0.2, 0.25) is 0 Å². The van der Waals surface area contributed by atoms with E-state index in [-0.39, 0.29) is 5.69 Å². The van der Waals surface area contributed by atoms with Crippen LogP contribution in [0, 0.1) is 24.6 Å². The van der Waals surface area contributed by atoms with Gasteiger partial charge in [0.25, 0.3) is 0 Å². The van der Waals surface area contributed by atoms with Crippen LogP contribution < -0.4 is 0 Å². The Bertz CT molecular complexity index is 1000. The summed E-state index contributed by atoms with van der Waals surface area (Å²) in [5, 5.41) is 2.16. The fourth-order valence-electron chi connectivity index (χ4n) is 2.36. The summed E-state index contributed by atoms with van der Waals surface area (Å²) < 4.78 is 13.8. The van der Waals surface area contributed by atoms with Gasteiger partial charge >= 0.3 is 0 Å². The summed E-state index contributed by atoms with van der Waals surface area (Å²) in [6.45, 7) is 2.07. The molecule has 3 heteroatoms. The number of aryl methyl sites for hydroxylation is 1. The molecule has 3 rings (SSSR count). The molecule has 0 saturated carbocycles. The summed E-state index contributed by atoms with van der Waals surface area (Å²) in [5.41, 5.74) is 5.17. The number of hydrogen-bond acceptors (Lipinski definition) is 2. The highest BCUT2D eigenvalue weighted by Crippen LogP contribution is 2.20. The molecule has 120 valence electrons. The average Bonchev–Trinajstić information content (AvgIpc) is 2.63. The molecule has 0 aliphatic carbocycles. The quantitative estimate of drug-likeness (QED) is 0.319. The molecule has 3 aromatic carbocycles. The lowest BCUT2D eigenvalue weighted by Gasteiger charge is -2.02. The Hall–Kier alpha value is -3.05. The van der Waals surface area contributed by atoms with E-state index in [4.69, 9.17) is 0 Å². The van der Waals surface area contributed by atoms with Crippen molar-refractivity contribution in [3.8, 4) is 23.0 Å². The van der Waals surface area contributed by atoms with Crippen molar-refractivity contribution in [2.45, 2.75) is 6.92 Å². The predicted octanol–water partition coefficient (Wildman–Crippen LogP) is 5.94. The molecule has 0 bridgehead atoms. The molecule has 1 nitrogen and oxygen atoms in total. The summed E-state index contributed by atoms with van der Waals surface area (Å²) in [6.07, 6.45) is 0. The van der Waals surface area contributed by atoms with Crippen LogP contribution in [-0.4, -0.2) is 5.16 Å². The molecule has 0 N–H and O–H groups in total. The maximum absolute atomic E-state index is 13.8. The number of rotatable bonds is 2. The molecule has 0 saturated heterocycles. The summed E-state index contributed by atoms with van der Waals surface area (Å²) >= 11 is 4.48. The van der Waals surface area contributed by atoms with Crippen LogP contribution >= 0.6 is 12.2 Å². The van der Waals surface area contributed by atoms with Crippen LogP contribution in [0.25, 0.3) is 11.1 Å². The first-order valence-corrected chi connectivity index (χ1v) is 8.13. The first kappa shape index (κ1) is 16.8. The first-order valence-electron chi connectivity index (χ1n) is 7.72. The molecule has 3 aromatic rings. The zero-order valence-electron chi connectivity index (χ0n) is 13.6. The number of benzene rings is 3. The second kappa shape index (κ2) is 7.68. The van der Waals surface area contributed by atoms with Gasteiger partial charge in [-0.05, 0) is 60.6 Å². The number of nitrogens with zero attached hydrogens (tertiary/aromatic N) is 1. The lowest BCUT2D eigenvalue weighted by molar-refractivity contribution is 0.629. The van der Waals surface area contributed by atoms with Crippen LogP contribution in [0.3, 0.4) is 0 Å². The molecule has 0 aliphatic rings. The van der Waals surface area contributed by atoms with Gasteiger partial charge in [-0.15, -0.1) is 0 Å². The number of isothiocyanates is 1. The summed E-state index contributed by atoms with van der Waals surface area (Å²) in [5.74, 6) is 5.54. The van der Waals surface area contributed by atoms with Gasteiger partial charge < -0.3 is 0 Å². The zero-order valence-corrected chi connectivity index (χ0v) is 14.4. The second-order valence-electron chi connectivity index (χ2n) is 5.56. The monoisotopic (exact) mass is 343 g/mol. The van der Waals surface area contributed by atoms with Gasteiger partial charge in [0.15, 0.2) is 5.82 Å². The van der Waals surface area contributed by atoms with Crippen molar-refractivity contribution in [1.82, 2.24) is 0 Å². The lowest BCUT2D eigenvalue weighted by atomic mass is 10.0. The first-order chi connectivity index (χ1) is 12.2. The van der Waals surface area contributed by atoms with Gasteiger partial charge in [0, 0.05) is 11.1 Å². The fourth-order valence-corrected chi connectivity index (χ4v) is 2.46. The van der Waals surface area contributed by atoms with Gasteiger partial charge in [-0.1, -0.05) is 53.8 Å². The van der Waals surface area contributed by atoms with Crippen LogP contribution in [0.4, 0.5) is 10.1 Å². The molecule has 0 spiro atoms. The molecule has 0 fully saturated rings. The Morgan fingerprint density at radius 2 is 1.36 bits per heavy atom. The second-order valence-corrected chi connectivity index (χ2v) is 5.75. The van der Waals surface area contributed by atoms with Crippen molar-refractivity contribution in [3.63, 3.8) is 0 Å². The van der Waals surface area contributed by atoms with Crippen LogP contribution in [0.5, 0.6) is 0 Å². The molecule has 25 heavy (non-hydrogen) atoms. The average molecular weight is 343 g/mol. The van der Waals surface area contributed by atoms with E-state index in [1.54, 1.807) is 12.1 Å². The lowest BCUT2D eigenvalue weighted by Crippen LogP contribution is -1.82. The van der Waals surface area contributed by atoms with Crippen molar-refractivity contribution < 1.29 is 4.39 Å².